The molecule has 1 aliphatic carbocycles. The molecule has 75 heavy (non-hydrogen) atoms. The molecule has 3 unspecified atom stereocenters. The standard InChI is InChI=1S/C56H57ClF4N8O6/c1-30-45-43(28-41(59)49(57)48(45)47-38(53(62)72)10-11-42(50(47)60)74-23-22-70)75-56(30,34-6-4-3-5-7-34)29-63-35-24-32-8-9-37(26-33(32)25-35)68-19-14-36(15-20-68)67-17-12-31(13-18-67)46-40(58)27-39-52(51(46)61)66(2)65-54(39)69-21-16-44(71)64-55(69)73/h3-11,26-28,30-31,35-36,63,70H,12-25,29H2,1-2H3,(H2,62,72)(H,64,71,73). The molecule has 5 aliphatic rings. The number of piperidine rings is 2. The van der Waals surface area contributed by atoms with Crippen molar-refractivity contribution >= 4 is 51.9 Å². The zero-order valence-electron chi connectivity index (χ0n) is 41.5. The SMILES string of the molecule is CC1c2c(cc(F)c(Cl)c2-c2c(C(N)=O)ccc(OCCO)c2F)OC1(CNC1Cc2ccc(N3CCC(N4CCC(c5c(F)cc6c(N7CCC(=O)NC7=O)nn(C)c6c5F)CC4)CC3)cc2C1)c1ccccc1. The van der Waals surface area contributed by atoms with Gasteiger partial charge in [0.2, 0.25) is 11.8 Å². The van der Waals surface area contributed by atoms with Gasteiger partial charge in [0.1, 0.15) is 29.5 Å². The number of ether oxygens (including phenoxy) is 2. The number of amides is 4. The van der Waals surface area contributed by atoms with Crippen LogP contribution in [0.4, 0.5) is 33.9 Å². The summed E-state index contributed by atoms with van der Waals surface area (Å²) in [6.07, 6.45) is 4.70. The number of likely N-dealkylation sites (tertiary alicyclic amines) is 1. The summed E-state index contributed by atoms with van der Waals surface area (Å²) in [5, 5.41) is 19.6. The lowest BCUT2D eigenvalue weighted by atomic mass is 9.77. The van der Waals surface area contributed by atoms with Crippen molar-refractivity contribution in [2.45, 2.75) is 81.4 Å². The summed E-state index contributed by atoms with van der Waals surface area (Å²) >= 11 is 6.75. The molecule has 0 bridgehead atoms. The minimum absolute atomic E-state index is 0.0318. The van der Waals surface area contributed by atoms with Crippen LogP contribution in [-0.2, 0) is 30.3 Å². The number of carbonyl (C=O) groups is 3. The number of benzene rings is 5. The topological polar surface area (TPSA) is 168 Å². The van der Waals surface area contributed by atoms with Crippen molar-refractivity contribution in [3.63, 3.8) is 0 Å². The largest absolute Gasteiger partial charge is 0.488 e. The van der Waals surface area contributed by atoms with Gasteiger partial charge >= 0.3 is 6.03 Å². The Morgan fingerprint density at radius 2 is 1.65 bits per heavy atom. The van der Waals surface area contributed by atoms with Crippen LogP contribution in [0.5, 0.6) is 11.5 Å². The average molecular weight is 1050 g/mol. The van der Waals surface area contributed by atoms with Crippen LogP contribution in [0.25, 0.3) is 22.0 Å². The van der Waals surface area contributed by atoms with E-state index in [0.29, 0.717) is 31.0 Å². The lowest BCUT2D eigenvalue weighted by Gasteiger charge is -2.42. The van der Waals surface area contributed by atoms with E-state index in [0.717, 1.165) is 63.1 Å². The Hall–Kier alpha value is -6.73. The number of nitrogens with one attached hydrogen (secondary N) is 2. The Bertz CT molecular complexity index is 3250. The second-order valence-electron chi connectivity index (χ2n) is 20.4. The van der Waals surface area contributed by atoms with E-state index in [-0.39, 0.29) is 88.6 Å². The molecule has 19 heteroatoms. The molecule has 0 spiro atoms. The van der Waals surface area contributed by atoms with Gasteiger partial charge in [-0.15, -0.1) is 0 Å². The summed E-state index contributed by atoms with van der Waals surface area (Å²) in [6.45, 7) is 4.84. The van der Waals surface area contributed by atoms with E-state index in [2.05, 4.69) is 43.7 Å². The maximum atomic E-state index is 16.5. The van der Waals surface area contributed by atoms with Crippen LogP contribution in [0.3, 0.4) is 0 Å². The number of carbonyl (C=O) groups excluding carboxylic acids is 3. The van der Waals surface area contributed by atoms with Crippen LogP contribution in [0.1, 0.15) is 89.0 Å². The highest BCUT2D eigenvalue weighted by atomic mass is 35.5. The molecule has 4 amide bonds. The number of hydrogen-bond donors (Lipinski definition) is 4. The maximum Gasteiger partial charge on any atom is 0.329 e. The van der Waals surface area contributed by atoms with Gasteiger partial charge in [-0.1, -0.05) is 54.9 Å². The van der Waals surface area contributed by atoms with Crippen molar-refractivity contribution < 1.29 is 46.5 Å². The Morgan fingerprint density at radius 3 is 2.37 bits per heavy atom. The second kappa shape index (κ2) is 20.1. The first kappa shape index (κ1) is 50.4. The molecule has 3 saturated heterocycles. The molecule has 0 saturated carbocycles. The molecule has 5 N–H and O–H groups in total. The Labute approximate surface area is 435 Å². The zero-order valence-corrected chi connectivity index (χ0v) is 42.3. The molecular weight excluding hydrogens is 992 g/mol. The summed E-state index contributed by atoms with van der Waals surface area (Å²) in [5.74, 6) is -5.37. The number of aliphatic hydroxyl groups excluding tert-OH is 1. The number of halogens is 5. The molecule has 11 rings (SSSR count). The molecule has 5 aromatic carbocycles. The van der Waals surface area contributed by atoms with Gasteiger partial charge in [-0.3, -0.25) is 24.5 Å². The third-order valence-electron chi connectivity index (χ3n) is 16.3. The third-order valence-corrected chi connectivity index (χ3v) is 16.7. The van der Waals surface area contributed by atoms with Crippen molar-refractivity contribution in [3.05, 3.63) is 134 Å². The Balaban J connectivity index is 0.747. The fourth-order valence-electron chi connectivity index (χ4n) is 12.5. The Kier molecular flexibility index (Phi) is 13.5. The fourth-order valence-corrected chi connectivity index (χ4v) is 12.7. The van der Waals surface area contributed by atoms with Crippen molar-refractivity contribution in [1.29, 1.82) is 0 Å². The minimum atomic E-state index is -1.12. The van der Waals surface area contributed by atoms with Gasteiger partial charge in [-0.05, 0) is 105 Å². The number of imide groups is 1. The van der Waals surface area contributed by atoms with E-state index in [1.165, 1.54) is 45.0 Å². The fraction of sp³-hybridized carbons (Fsp3) is 0.393. The van der Waals surface area contributed by atoms with Crippen molar-refractivity contribution in [2.75, 3.05) is 62.3 Å². The summed E-state index contributed by atoms with van der Waals surface area (Å²) in [7, 11) is 1.57. The molecule has 0 radical (unpaired) electrons. The van der Waals surface area contributed by atoms with Crippen LogP contribution in [-0.4, -0.2) is 102 Å². The van der Waals surface area contributed by atoms with E-state index in [1.807, 2.05) is 37.3 Å². The van der Waals surface area contributed by atoms with Gasteiger partial charge in [-0.25, -0.2) is 22.4 Å². The van der Waals surface area contributed by atoms with Crippen LogP contribution in [0.15, 0.2) is 72.8 Å². The van der Waals surface area contributed by atoms with E-state index < -0.39 is 57.7 Å². The number of aryl methyl sites for hydroxylation is 1. The monoisotopic (exact) mass is 1050 g/mol. The smallest absolute Gasteiger partial charge is 0.329 e. The normalized spacial score (nSPS) is 21.4. The average Bonchev–Trinajstić information content (AvgIpc) is 4.06. The van der Waals surface area contributed by atoms with E-state index in [1.54, 1.807) is 7.05 Å². The molecule has 14 nitrogen and oxygen atoms in total. The number of nitrogens with zero attached hydrogens (tertiary/aromatic N) is 5. The number of anilines is 2. The van der Waals surface area contributed by atoms with E-state index in [9.17, 15) is 19.5 Å². The predicted molar refractivity (Wildman–Crippen MR) is 276 cm³/mol. The number of primary amides is 1. The molecular formula is C56H57ClF4N8O6. The number of aliphatic hydroxyl groups is 1. The number of urea groups is 1. The number of hydrogen-bond acceptors (Lipinski definition) is 10. The molecule has 392 valence electrons. The first-order valence-electron chi connectivity index (χ1n) is 25.6. The maximum absolute atomic E-state index is 16.5. The summed E-state index contributed by atoms with van der Waals surface area (Å²) in [6, 6.07) is 21.0. The van der Waals surface area contributed by atoms with E-state index in [4.69, 9.17) is 26.8 Å². The lowest BCUT2D eigenvalue weighted by Crippen LogP contribution is -2.49. The van der Waals surface area contributed by atoms with Gasteiger partial charge in [0.05, 0.1) is 22.6 Å². The van der Waals surface area contributed by atoms with Gasteiger partial charge in [0.15, 0.2) is 28.8 Å². The molecule has 3 fully saturated rings. The molecule has 6 aromatic rings. The van der Waals surface area contributed by atoms with Crippen LogP contribution in [0.2, 0.25) is 5.02 Å². The molecule has 5 heterocycles. The van der Waals surface area contributed by atoms with Gasteiger partial charge in [0, 0.05) is 91.7 Å². The van der Waals surface area contributed by atoms with E-state index >= 15 is 17.6 Å². The van der Waals surface area contributed by atoms with Gasteiger partial charge in [0.25, 0.3) is 0 Å². The lowest BCUT2D eigenvalue weighted by molar-refractivity contribution is -0.120. The van der Waals surface area contributed by atoms with Crippen LogP contribution >= 0.6 is 11.6 Å². The highest BCUT2D eigenvalue weighted by molar-refractivity contribution is 6.34. The molecule has 1 aromatic heterocycles. The highest BCUT2D eigenvalue weighted by Gasteiger charge is 2.50. The van der Waals surface area contributed by atoms with Crippen molar-refractivity contribution in [3.8, 4) is 22.6 Å². The second-order valence-corrected chi connectivity index (χ2v) is 20.8. The van der Waals surface area contributed by atoms with Crippen LogP contribution < -0.4 is 35.6 Å². The van der Waals surface area contributed by atoms with Gasteiger partial charge in [-0.2, -0.15) is 5.10 Å². The number of nitrogens with two attached hydrogens (primary N) is 1. The summed E-state index contributed by atoms with van der Waals surface area (Å²) in [5.41, 5.74) is 9.12. The minimum Gasteiger partial charge on any atom is -0.488 e. The molecule has 3 atom stereocenters. The number of aromatic nitrogens is 2. The predicted octanol–water partition coefficient (Wildman–Crippen LogP) is 8.36. The van der Waals surface area contributed by atoms with Crippen molar-refractivity contribution in [1.82, 2.24) is 25.3 Å². The van der Waals surface area contributed by atoms with Crippen molar-refractivity contribution in [2.24, 2.45) is 12.8 Å². The first-order chi connectivity index (χ1) is 36.1. The third kappa shape index (κ3) is 8.92. The summed E-state index contributed by atoms with van der Waals surface area (Å²) < 4.78 is 78.4. The number of fused-ring (bicyclic) bond motifs is 3. The first-order valence-corrected chi connectivity index (χ1v) is 26.0. The number of rotatable bonds is 13. The quantitative estimate of drug-likeness (QED) is 0.0826. The molecule has 4 aliphatic heterocycles. The Morgan fingerprint density at radius 1 is 0.907 bits per heavy atom. The zero-order chi connectivity index (χ0) is 52.4. The highest BCUT2D eigenvalue weighted by Crippen LogP contribution is 2.57. The summed E-state index contributed by atoms with van der Waals surface area (Å²) in [4.78, 5) is 43.3. The van der Waals surface area contributed by atoms with Gasteiger partial charge < -0.3 is 35.4 Å². The van der Waals surface area contributed by atoms with Crippen LogP contribution in [0, 0.1) is 23.3 Å².